The van der Waals surface area contributed by atoms with Crippen LogP contribution in [-0.2, 0) is 23.1 Å². The smallest absolute Gasteiger partial charge is 0.247 e. The zero-order valence-electron chi connectivity index (χ0n) is 18.1. The van der Waals surface area contributed by atoms with Crippen molar-refractivity contribution >= 4 is 44.8 Å². The van der Waals surface area contributed by atoms with Crippen LogP contribution in [0.2, 0.25) is 15.1 Å². The van der Waals surface area contributed by atoms with Gasteiger partial charge in [0.05, 0.1) is 5.02 Å². The second kappa shape index (κ2) is 10.6. The SMILES string of the molecule is O=S(=O)(c1cc(Cl)cc(Cl)c1O)N(Cc1ccc(F)cc1)Cc1ccc(-c2ccc(Cl)cc2)cc1. The van der Waals surface area contributed by atoms with E-state index in [4.69, 9.17) is 34.8 Å². The molecule has 0 saturated heterocycles. The molecule has 0 atom stereocenters. The number of phenols is 1. The van der Waals surface area contributed by atoms with E-state index in [1.165, 1.54) is 34.6 Å². The van der Waals surface area contributed by atoms with Gasteiger partial charge >= 0.3 is 0 Å². The van der Waals surface area contributed by atoms with E-state index in [0.29, 0.717) is 16.1 Å². The van der Waals surface area contributed by atoms with Crippen molar-refractivity contribution in [2.45, 2.75) is 18.0 Å². The van der Waals surface area contributed by atoms with Crippen molar-refractivity contribution < 1.29 is 17.9 Å². The number of nitrogens with zero attached hydrogens (tertiary/aromatic N) is 1. The average Bonchev–Trinajstić information content (AvgIpc) is 2.83. The summed E-state index contributed by atoms with van der Waals surface area (Å²) in [5, 5.41) is 10.9. The Morgan fingerprint density at radius 1 is 0.714 bits per heavy atom. The van der Waals surface area contributed by atoms with Crippen LogP contribution in [0.5, 0.6) is 5.75 Å². The molecule has 0 saturated carbocycles. The Balaban J connectivity index is 1.69. The number of benzene rings is 4. The summed E-state index contributed by atoms with van der Waals surface area (Å²) in [4.78, 5) is -0.408. The van der Waals surface area contributed by atoms with E-state index in [0.717, 1.165) is 17.2 Å². The minimum atomic E-state index is -4.24. The van der Waals surface area contributed by atoms with E-state index in [-0.39, 0.29) is 23.1 Å². The lowest BCUT2D eigenvalue weighted by Crippen LogP contribution is -2.30. The van der Waals surface area contributed by atoms with Gasteiger partial charge in [-0.1, -0.05) is 83.3 Å². The first kappa shape index (κ1) is 25.5. The molecule has 1 N–H and O–H groups in total. The maximum absolute atomic E-state index is 13.6. The normalized spacial score (nSPS) is 11.7. The second-order valence-corrected chi connectivity index (χ2v) is 11.0. The van der Waals surface area contributed by atoms with E-state index in [1.807, 2.05) is 36.4 Å². The van der Waals surface area contributed by atoms with Crippen molar-refractivity contribution in [1.82, 2.24) is 4.31 Å². The lowest BCUT2D eigenvalue weighted by molar-refractivity contribution is 0.394. The number of aromatic hydroxyl groups is 1. The maximum Gasteiger partial charge on any atom is 0.247 e. The lowest BCUT2D eigenvalue weighted by Gasteiger charge is -2.23. The van der Waals surface area contributed by atoms with Gasteiger partial charge in [-0.25, -0.2) is 12.8 Å². The third-order valence-electron chi connectivity index (χ3n) is 5.37. The number of rotatable bonds is 7. The van der Waals surface area contributed by atoms with Crippen LogP contribution in [0.25, 0.3) is 11.1 Å². The highest BCUT2D eigenvalue weighted by Crippen LogP contribution is 2.36. The molecule has 180 valence electrons. The fourth-order valence-corrected chi connectivity index (χ4v) is 5.83. The summed E-state index contributed by atoms with van der Waals surface area (Å²) < 4.78 is 41.8. The highest BCUT2D eigenvalue weighted by molar-refractivity contribution is 7.89. The molecule has 0 spiro atoms. The summed E-state index contributed by atoms with van der Waals surface area (Å²) in [5.74, 6) is -1.02. The van der Waals surface area contributed by atoms with E-state index in [9.17, 15) is 17.9 Å². The molecular formula is C26H19Cl3FNO3S. The van der Waals surface area contributed by atoms with E-state index in [2.05, 4.69) is 0 Å². The number of hydrogen-bond donors (Lipinski definition) is 1. The number of halogens is 4. The summed E-state index contributed by atoms with van der Waals surface area (Å²) in [6.45, 7) is -0.0741. The average molecular weight is 551 g/mol. The van der Waals surface area contributed by atoms with Gasteiger partial charge in [0.25, 0.3) is 0 Å². The molecule has 0 aromatic heterocycles. The Morgan fingerprint density at radius 2 is 1.20 bits per heavy atom. The van der Waals surface area contributed by atoms with Crippen LogP contribution in [0.4, 0.5) is 4.39 Å². The van der Waals surface area contributed by atoms with Gasteiger partial charge in [0.1, 0.15) is 10.7 Å². The van der Waals surface area contributed by atoms with Crippen LogP contribution in [0.1, 0.15) is 11.1 Å². The zero-order valence-corrected chi connectivity index (χ0v) is 21.2. The fourth-order valence-electron chi connectivity index (χ4n) is 3.55. The molecule has 0 radical (unpaired) electrons. The molecule has 9 heteroatoms. The molecule has 4 aromatic carbocycles. The molecule has 4 rings (SSSR count). The van der Waals surface area contributed by atoms with E-state index >= 15 is 0 Å². The molecule has 0 aliphatic rings. The zero-order chi connectivity index (χ0) is 25.2. The first-order chi connectivity index (χ1) is 16.6. The van der Waals surface area contributed by atoms with Crippen LogP contribution >= 0.6 is 34.8 Å². The van der Waals surface area contributed by atoms with Gasteiger partial charge in [-0.3, -0.25) is 0 Å². The summed E-state index contributed by atoms with van der Waals surface area (Å²) in [5.41, 5.74) is 3.19. The first-order valence-corrected chi connectivity index (χ1v) is 13.0. The van der Waals surface area contributed by atoms with Crippen molar-refractivity contribution in [1.29, 1.82) is 0 Å². The molecule has 35 heavy (non-hydrogen) atoms. The van der Waals surface area contributed by atoms with Gasteiger partial charge in [-0.15, -0.1) is 0 Å². The second-order valence-electron chi connectivity index (χ2n) is 7.84. The number of phenolic OH excluding ortho intramolecular Hbond substituents is 1. The Labute approximate surface area is 218 Å². The highest BCUT2D eigenvalue weighted by atomic mass is 35.5. The van der Waals surface area contributed by atoms with Gasteiger partial charge in [0.2, 0.25) is 10.0 Å². The van der Waals surface area contributed by atoms with Gasteiger partial charge in [0, 0.05) is 23.1 Å². The van der Waals surface area contributed by atoms with Crippen molar-refractivity contribution in [3.8, 4) is 16.9 Å². The third kappa shape index (κ3) is 5.97. The molecular weight excluding hydrogens is 532 g/mol. The molecule has 0 unspecified atom stereocenters. The lowest BCUT2D eigenvalue weighted by atomic mass is 10.0. The third-order valence-corrected chi connectivity index (χ3v) is 7.94. The monoisotopic (exact) mass is 549 g/mol. The predicted molar refractivity (Wildman–Crippen MR) is 138 cm³/mol. The maximum atomic E-state index is 13.6. The molecule has 0 bridgehead atoms. The van der Waals surface area contributed by atoms with E-state index in [1.54, 1.807) is 12.1 Å². The topological polar surface area (TPSA) is 57.6 Å². The van der Waals surface area contributed by atoms with Crippen molar-refractivity contribution in [2.75, 3.05) is 0 Å². The molecule has 4 nitrogen and oxygen atoms in total. The largest absolute Gasteiger partial charge is 0.505 e. The molecule has 0 fully saturated rings. The minimum absolute atomic E-state index is 0.00974. The van der Waals surface area contributed by atoms with Crippen LogP contribution in [0.3, 0.4) is 0 Å². The molecule has 0 heterocycles. The van der Waals surface area contributed by atoms with Crippen LogP contribution < -0.4 is 0 Å². The van der Waals surface area contributed by atoms with Crippen LogP contribution in [-0.4, -0.2) is 17.8 Å². The standard InChI is InChI=1S/C26H19Cl3FNO3S/c27-21-9-7-20(8-10-21)19-5-1-17(2-6-19)15-31(16-18-3-11-23(30)12-4-18)35(33,34)25-14-22(28)13-24(29)26(25)32/h1-14,32H,15-16H2. The van der Waals surface area contributed by atoms with Crippen LogP contribution in [0, 0.1) is 5.82 Å². The minimum Gasteiger partial charge on any atom is -0.505 e. The van der Waals surface area contributed by atoms with Crippen molar-refractivity contribution in [3.63, 3.8) is 0 Å². The summed E-state index contributed by atoms with van der Waals surface area (Å²) in [6.07, 6.45) is 0. The Hall–Kier alpha value is -2.61. The van der Waals surface area contributed by atoms with Crippen molar-refractivity contribution in [3.05, 3.63) is 117 Å². The quantitative estimate of drug-likeness (QED) is 0.258. The molecule has 0 amide bonds. The van der Waals surface area contributed by atoms with Crippen LogP contribution in [0.15, 0.2) is 89.8 Å². The summed E-state index contributed by atoms with van der Waals surface area (Å²) >= 11 is 18.0. The first-order valence-electron chi connectivity index (χ1n) is 10.4. The van der Waals surface area contributed by atoms with Gasteiger partial charge in [0.15, 0.2) is 5.75 Å². The molecule has 4 aromatic rings. The van der Waals surface area contributed by atoms with E-state index < -0.39 is 26.5 Å². The fraction of sp³-hybridized carbons (Fsp3) is 0.0769. The number of hydrogen-bond acceptors (Lipinski definition) is 3. The van der Waals surface area contributed by atoms with Gasteiger partial charge < -0.3 is 5.11 Å². The predicted octanol–water partition coefficient (Wildman–Crippen LogP) is 7.55. The molecule has 0 aliphatic heterocycles. The Morgan fingerprint density at radius 3 is 1.74 bits per heavy atom. The Bertz CT molecular complexity index is 1440. The van der Waals surface area contributed by atoms with Gasteiger partial charge in [-0.05, 0) is 58.7 Å². The summed E-state index contributed by atoms with van der Waals surface area (Å²) in [6, 6.07) is 22.7. The summed E-state index contributed by atoms with van der Waals surface area (Å²) in [7, 11) is -4.24. The molecule has 0 aliphatic carbocycles. The number of sulfonamides is 1. The highest BCUT2D eigenvalue weighted by Gasteiger charge is 2.29. The van der Waals surface area contributed by atoms with Gasteiger partial charge in [-0.2, -0.15) is 4.31 Å². The Kier molecular flexibility index (Phi) is 7.69. The van der Waals surface area contributed by atoms with Crippen molar-refractivity contribution in [2.24, 2.45) is 0 Å².